The Balaban J connectivity index is 2.62. The Morgan fingerprint density at radius 1 is 1.06 bits per heavy atom. The molecule has 0 saturated carbocycles. The Kier molecular flexibility index (Phi) is 6.73. The minimum atomic E-state index is 0.561. The fraction of sp³-hybridized carbons (Fsp3) is 0.571. The van der Waals surface area contributed by atoms with Crippen molar-refractivity contribution in [1.82, 2.24) is 0 Å². The van der Waals surface area contributed by atoms with Crippen molar-refractivity contribution in [2.75, 3.05) is 26.1 Å². The van der Waals surface area contributed by atoms with Gasteiger partial charge in [-0.25, -0.2) is 0 Å². The monoisotopic (exact) mass is 271 g/mol. The largest absolute Gasteiger partial charge is 0.495 e. The van der Waals surface area contributed by atoms with Gasteiger partial charge in [-0.2, -0.15) is 0 Å². The smallest absolute Gasteiger partial charge is 0.143 e. The van der Waals surface area contributed by atoms with Crippen molar-refractivity contribution in [3.63, 3.8) is 0 Å². The predicted molar refractivity (Wildman–Crippen MR) is 77.2 cm³/mol. The zero-order valence-electron chi connectivity index (χ0n) is 11.4. The molecule has 0 radical (unpaired) electrons. The number of hydrogen-bond acceptors (Lipinski definition) is 3. The average Bonchev–Trinajstić information content (AvgIpc) is 2.39. The van der Waals surface area contributed by atoms with Crippen LogP contribution in [0.3, 0.4) is 0 Å². The fourth-order valence-corrected chi connectivity index (χ4v) is 2.00. The topological polar surface area (TPSA) is 30.5 Å². The number of anilines is 1. The summed E-state index contributed by atoms with van der Waals surface area (Å²) in [6.45, 7) is 3.14. The van der Waals surface area contributed by atoms with Gasteiger partial charge in [-0.1, -0.05) is 37.8 Å². The Morgan fingerprint density at radius 3 is 2.39 bits per heavy atom. The molecule has 3 nitrogen and oxygen atoms in total. The molecule has 1 aromatic carbocycles. The molecule has 1 aromatic rings. The molecule has 0 heterocycles. The molecule has 0 unspecified atom stereocenters. The third kappa shape index (κ3) is 4.30. The highest BCUT2D eigenvalue weighted by atomic mass is 35.5. The van der Waals surface area contributed by atoms with Gasteiger partial charge in [-0.3, -0.25) is 0 Å². The molecular formula is C14H22ClNO2. The highest BCUT2D eigenvalue weighted by molar-refractivity contribution is 6.32. The molecule has 0 bridgehead atoms. The summed E-state index contributed by atoms with van der Waals surface area (Å²) in [5.74, 6) is 1.41. The fourth-order valence-electron chi connectivity index (χ4n) is 1.77. The maximum absolute atomic E-state index is 6.05. The van der Waals surface area contributed by atoms with Crippen LogP contribution in [0.5, 0.6) is 11.5 Å². The third-order valence-corrected chi connectivity index (χ3v) is 3.12. The zero-order valence-corrected chi connectivity index (χ0v) is 12.1. The summed E-state index contributed by atoms with van der Waals surface area (Å²) in [5.41, 5.74) is 0.926. The molecule has 0 saturated heterocycles. The van der Waals surface area contributed by atoms with Gasteiger partial charge in [0.1, 0.15) is 11.5 Å². The van der Waals surface area contributed by atoms with E-state index >= 15 is 0 Å². The number of methoxy groups -OCH3 is 2. The molecule has 4 heteroatoms. The van der Waals surface area contributed by atoms with Crippen molar-refractivity contribution in [1.29, 1.82) is 0 Å². The van der Waals surface area contributed by atoms with Gasteiger partial charge in [0.05, 0.1) is 24.9 Å². The van der Waals surface area contributed by atoms with Crippen LogP contribution < -0.4 is 14.8 Å². The number of rotatable bonds is 8. The van der Waals surface area contributed by atoms with Crippen LogP contribution in [0.1, 0.15) is 32.6 Å². The highest BCUT2D eigenvalue weighted by Crippen LogP contribution is 2.35. The van der Waals surface area contributed by atoms with Crippen LogP contribution in [-0.2, 0) is 0 Å². The van der Waals surface area contributed by atoms with Crippen LogP contribution in [0, 0.1) is 0 Å². The molecule has 18 heavy (non-hydrogen) atoms. The summed E-state index contributed by atoms with van der Waals surface area (Å²) >= 11 is 6.05. The first-order valence-electron chi connectivity index (χ1n) is 6.38. The lowest BCUT2D eigenvalue weighted by Crippen LogP contribution is -2.03. The van der Waals surface area contributed by atoms with Gasteiger partial charge in [0.2, 0.25) is 0 Å². The van der Waals surface area contributed by atoms with Crippen LogP contribution in [0.2, 0.25) is 5.02 Å². The van der Waals surface area contributed by atoms with Crippen LogP contribution >= 0.6 is 11.6 Å². The van der Waals surface area contributed by atoms with Crippen molar-refractivity contribution in [3.05, 3.63) is 17.2 Å². The maximum atomic E-state index is 6.05. The van der Waals surface area contributed by atoms with Gasteiger partial charge in [-0.15, -0.1) is 0 Å². The van der Waals surface area contributed by atoms with E-state index in [0.29, 0.717) is 10.8 Å². The summed E-state index contributed by atoms with van der Waals surface area (Å²) in [6.07, 6.45) is 4.93. The van der Waals surface area contributed by atoms with E-state index in [9.17, 15) is 0 Å². The van der Waals surface area contributed by atoms with Crippen LogP contribution in [-0.4, -0.2) is 20.8 Å². The standard InChI is InChI=1S/C14H22ClNO2/c1-4-5-6-7-8-16-12-10-13(17-2)11(15)9-14(12)18-3/h9-10,16H,4-8H2,1-3H3. The molecule has 0 fully saturated rings. The average molecular weight is 272 g/mol. The number of benzene rings is 1. The second-order valence-corrected chi connectivity index (χ2v) is 4.58. The van der Waals surface area contributed by atoms with E-state index in [-0.39, 0.29) is 0 Å². The minimum absolute atomic E-state index is 0.561. The molecule has 0 aliphatic heterocycles. The normalized spacial score (nSPS) is 10.2. The van der Waals surface area contributed by atoms with Crippen molar-refractivity contribution in [2.45, 2.75) is 32.6 Å². The molecule has 0 spiro atoms. The lowest BCUT2D eigenvalue weighted by atomic mass is 10.2. The first kappa shape index (κ1) is 15.0. The van der Waals surface area contributed by atoms with Gasteiger partial charge < -0.3 is 14.8 Å². The Bertz CT molecular complexity index is 369. The van der Waals surface area contributed by atoms with Crippen molar-refractivity contribution in [3.8, 4) is 11.5 Å². The maximum Gasteiger partial charge on any atom is 0.143 e. The van der Waals surface area contributed by atoms with E-state index < -0.39 is 0 Å². The van der Waals surface area contributed by atoms with Gasteiger partial charge in [0.15, 0.2) is 0 Å². The number of unbranched alkanes of at least 4 members (excludes halogenated alkanes) is 3. The number of hydrogen-bond donors (Lipinski definition) is 1. The summed E-state index contributed by atoms with van der Waals surface area (Å²) in [6, 6.07) is 3.65. The van der Waals surface area contributed by atoms with E-state index in [2.05, 4.69) is 12.2 Å². The van der Waals surface area contributed by atoms with Crippen molar-refractivity contribution >= 4 is 17.3 Å². The number of nitrogens with one attached hydrogen (secondary N) is 1. The zero-order chi connectivity index (χ0) is 13.4. The van der Waals surface area contributed by atoms with Gasteiger partial charge in [0, 0.05) is 18.7 Å². The van der Waals surface area contributed by atoms with Crippen LogP contribution in [0.25, 0.3) is 0 Å². The van der Waals surface area contributed by atoms with E-state index in [0.717, 1.165) is 24.4 Å². The van der Waals surface area contributed by atoms with Crippen molar-refractivity contribution in [2.24, 2.45) is 0 Å². The molecule has 0 atom stereocenters. The summed E-state index contributed by atoms with van der Waals surface area (Å²) < 4.78 is 10.5. The van der Waals surface area contributed by atoms with E-state index in [1.165, 1.54) is 19.3 Å². The molecule has 0 aromatic heterocycles. The second-order valence-electron chi connectivity index (χ2n) is 4.17. The minimum Gasteiger partial charge on any atom is -0.495 e. The molecule has 0 aliphatic rings. The number of ether oxygens (including phenoxy) is 2. The van der Waals surface area contributed by atoms with E-state index in [1.807, 2.05) is 6.07 Å². The molecule has 0 amide bonds. The Morgan fingerprint density at radius 2 is 1.78 bits per heavy atom. The quantitative estimate of drug-likeness (QED) is 0.713. The van der Waals surface area contributed by atoms with E-state index in [4.69, 9.17) is 21.1 Å². The van der Waals surface area contributed by atoms with Gasteiger partial charge >= 0.3 is 0 Å². The second kappa shape index (κ2) is 8.09. The van der Waals surface area contributed by atoms with Crippen molar-refractivity contribution < 1.29 is 9.47 Å². The first-order chi connectivity index (χ1) is 8.72. The highest BCUT2D eigenvalue weighted by Gasteiger charge is 2.09. The summed E-state index contributed by atoms with van der Waals surface area (Å²) in [5, 5.41) is 3.92. The first-order valence-corrected chi connectivity index (χ1v) is 6.76. The van der Waals surface area contributed by atoms with E-state index in [1.54, 1.807) is 20.3 Å². The summed E-state index contributed by atoms with van der Waals surface area (Å²) in [7, 11) is 3.25. The van der Waals surface area contributed by atoms with Crippen LogP contribution in [0.4, 0.5) is 5.69 Å². The van der Waals surface area contributed by atoms with Crippen LogP contribution in [0.15, 0.2) is 12.1 Å². The Labute approximate surface area is 114 Å². The lowest BCUT2D eigenvalue weighted by Gasteiger charge is -2.13. The Hall–Kier alpha value is -1.09. The lowest BCUT2D eigenvalue weighted by molar-refractivity contribution is 0.404. The SMILES string of the molecule is CCCCCCNc1cc(OC)c(Cl)cc1OC. The third-order valence-electron chi connectivity index (χ3n) is 2.82. The molecule has 1 rings (SSSR count). The molecule has 1 N–H and O–H groups in total. The summed E-state index contributed by atoms with van der Waals surface area (Å²) in [4.78, 5) is 0. The van der Waals surface area contributed by atoms with Gasteiger partial charge in [0.25, 0.3) is 0 Å². The molecule has 102 valence electrons. The predicted octanol–water partition coefficient (Wildman–Crippen LogP) is 4.35. The number of halogens is 1. The molecular weight excluding hydrogens is 250 g/mol. The molecule has 0 aliphatic carbocycles. The van der Waals surface area contributed by atoms with Gasteiger partial charge in [-0.05, 0) is 6.42 Å².